The number of piperidine rings is 1. The molecule has 1 unspecified atom stereocenters. The monoisotopic (exact) mass is 420 g/mol. The van der Waals surface area contributed by atoms with E-state index in [1.807, 2.05) is 19.2 Å². The number of ether oxygens (including phenoxy) is 1. The van der Waals surface area contributed by atoms with Crippen molar-refractivity contribution in [1.82, 2.24) is 15.2 Å². The van der Waals surface area contributed by atoms with Gasteiger partial charge in [-0.05, 0) is 51.0 Å². The highest BCUT2D eigenvalue weighted by molar-refractivity contribution is 7.13. The van der Waals surface area contributed by atoms with Gasteiger partial charge in [0.2, 0.25) is 5.91 Å². The van der Waals surface area contributed by atoms with Gasteiger partial charge < -0.3 is 20.7 Å². The molecule has 9 heteroatoms. The van der Waals surface area contributed by atoms with Crippen LogP contribution in [0.1, 0.15) is 32.4 Å². The van der Waals surface area contributed by atoms with Crippen molar-refractivity contribution < 1.29 is 18.7 Å². The molecule has 0 spiro atoms. The molecule has 0 saturated carbocycles. The molecule has 1 fully saturated rings. The number of aromatic nitrogens is 1. The lowest BCUT2D eigenvalue weighted by Gasteiger charge is -2.33. The fourth-order valence-corrected chi connectivity index (χ4v) is 4.17. The summed E-state index contributed by atoms with van der Waals surface area (Å²) in [6.45, 7) is 4.61. The number of amides is 2. The SMILES string of the molecule is CC(C)(NC(=O)OC1CCCN(C(=O)CN)C1)c1csc(-c2ccc(F)cc2)n1. The molecule has 3 N–H and O–H groups in total. The maximum absolute atomic E-state index is 13.1. The van der Waals surface area contributed by atoms with Gasteiger partial charge >= 0.3 is 6.09 Å². The van der Waals surface area contributed by atoms with Gasteiger partial charge in [0, 0.05) is 17.5 Å². The number of nitrogens with two attached hydrogens (primary N) is 1. The average molecular weight is 421 g/mol. The minimum atomic E-state index is -0.757. The fourth-order valence-electron chi connectivity index (χ4n) is 3.18. The van der Waals surface area contributed by atoms with Crippen molar-refractivity contribution in [3.05, 3.63) is 41.2 Å². The summed E-state index contributed by atoms with van der Waals surface area (Å²) in [5.74, 6) is -0.445. The number of thiazole rings is 1. The molecule has 0 aliphatic carbocycles. The molecule has 1 aromatic carbocycles. The number of nitrogens with zero attached hydrogens (tertiary/aromatic N) is 2. The Hall–Kier alpha value is -2.52. The van der Waals surface area contributed by atoms with E-state index in [1.54, 1.807) is 17.0 Å². The molecule has 2 heterocycles. The molecule has 0 radical (unpaired) electrons. The molecule has 7 nitrogen and oxygen atoms in total. The van der Waals surface area contributed by atoms with Gasteiger partial charge in [-0.2, -0.15) is 0 Å². The Morgan fingerprint density at radius 1 is 1.38 bits per heavy atom. The first kappa shape index (κ1) is 21.2. The number of alkyl carbamates (subject to hydrolysis) is 1. The second-order valence-electron chi connectivity index (χ2n) is 7.51. The Morgan fingerprint density at radius 3 is 2.79 bits per heavy atom. The Balaban J connectivity index is 1.61. The topological polar surface area (TPSA) is 97.5 Å². The van der Waals surface area contributed by atoms with Crippen molar-refractivity contribution in [2.75, 3.05) is 19.6 Å². The van der Waals surface area contributed by atoms with E-state index in [0.717, 1.165) is 17.0 Å². The van der Waals surface area contributed by atoms with Crippen LogP contribution in [-0.4, -0.2) is 47.6 Å². The summed E-state index contributed by atoms with van der Waals surface area (Å²) in [6, 6.07) is 6.12. The van der Waals surface area contributed by atoms with E-state index >= 15 is 0 Å². The fraction of sp³-hybridized carbons (Fsp3) is 0.450. The van der Waals surface area contributed by atoms with E-state index in [4.69, 9.17) is 10.5 Å². The molecule has 1 atom stereocenters. The summed E-state index contributed by atoms with van der Waals surface area (Å²) in [7, 11) is 0. The number of hydrogen-bond acceptors (Lipinski definition) is 6. The maximum atomic E-state index is 13.1. The van der Waals surface area contributed by atoms with E-state index in [9.17, 15) is 14.0 Å². The third kappa shape index (κ3) is 5.30. The van der Waals surface area contributed by atoms with Gasteiger partial charge in [0.1, 0.15) is 16.9 Å². The Morgan fingerprint density at radius 2 is 2.10 bits per heavy atom. The van der Waals surface area contributed by atoms with Crippen molar-refractivity contribution >= 4 is 23.3 Å². The third-order valence-corrected chi connectivity index (χ3v) is 5.72. The summed E-state index contributed by atoms with van der Waals surface area (Å²) < 4.78 is 18.6. The number of carbonyl (C=O) groups is 2. The van der Waals surface area contributed by atoms with Crippen LogP contribution >= 0.6 is 11.3 Å². The summed E-state index contributed by atoms with van der Waals surface area (Å²) in [4.78, 5) is 30.4. The smallest absolute Gasteiger partial charge is 0.408 e. The molecule has 2 aromatic rings. The third-order valence-electron chi connectivity index (χ3n) is 4.83. The number of likely N-dealkylation sites (tertiary alicyclic amines) is 1. The number of rotatable bonds is 5. The predicted octanol–water partition coefficient (Wildman–Crippen LogP) is 2.86. The number of nitrogens with one attached hydrogen (secondary N) is 1. The van der Waals surface area contributed by atoms with Crippen LogP contribution in [0, 0.1) is 5.82 Å². The molecule has 3 rings (SSSR count). The van der Waals surface area contributed by atoms with Crippen LogP contribution in [0.3, 0.4) is 0 Å². The molecule has 0 bridgehead atoms. The zero-order valence-corrected chi connectivity index (χ0v) is 17.3. The Kier molecular flexibility index (Phi) is 6.49. The second kappa shape index (κ2) is 8.87. The van der Waals surface area contributed by atoms with Crippen molar-refractivity contribution in [3.63, 3.8) is 0 Å². The number of benzene rings is 1. The van der Waals surface area contributed by atoms with Gasteiger partial charge in [0.15, 0.2) is 0 Å². The highest BCUT2D eigenvalue weighted by Crippen LogP contribution is 2.29. The van der Waals surface area contributed by atoms with Gasteiger partial charge in [-0.15, -0.1) is 11.3 Å². The van der Waals surface area contributed by atoms with Crippen molar-refractivity contribution in [1.29, 1.82) is 0 Å². The van der Waals surface area contributed by atoms with Crippen molar-refractivity contribution in [2.24, 2.45) is 5.73 Å². The number of carbonyl (C=O) groups excluding carboxylic acids is 2. The second-order valence-corrected chi connectivity index (χ2v) is 8.37. The Bertz CT molecular complexity index is 869. The quantitative estimate of drug-likeness (QED) is 0.775. The van der Waals surface area contributed by atoms with Crippen LogP contribution in [0.25, 0.3) is 10.6 Å². The average Bonchev–Trinajstić information content (AvgIpc) is 3.19. The van der Waals surface area contributed by atoms with Crippen molar-refractivity contribution in [3.8, 4) is 10.6 Å². The largest absolute Gasteiger partial charge is 0.444 e. The summed E-state index contributed by atoms with van der Waals surface area (Å²) >= 11 is 1.42. The molecule has 1 saturated heterocycles. The van der Waals surface area contributed by atoms with E-state index < -0.39 is 11.6 Å². The zero-order chi connectivity index (χ0) is 21.0. The molecule has 29 heavy (non-hydrogen) atoms. The zero-order valence-electron chi connectivity index (χ0n) is 16.5. The highest BCUT2D eigenvalue weighted by Gasteiger charge is 2.30. The van der Waals surface area contributed by atoms with Crippen LogP contribution in [0.4, 0.5) is 9.18 Å². The van der Waals surface area contributed by atoms with Crippen LogP contribution < -0.4 is 11.1 Å². The number of hydrogen-bond donors (Lipinski definition) is 2. The van der Waals surface area contributed by atoms with Gasteiger partial charge in [-0.1, -0.05) is 0 Å². The van der Waals surface area contributed by atoms with Gasteiger partial charge in [-0.25, -0.2) is 14.2 Å². The van der Waals surface area contributed by atoms with Gasteiger partial charge in [0.05, 0.1) is 24.3 Å². The summed E-state index contributed by atoms with van der Waals surface area (Å²) in [5.41, 5.74) is 6.15. The minimum Gasteiger partial charge on any atom is -0.444 e. The van der Waals surface area contributed by atoms with E-state index in [0.29, 0.717) is 25.2 Å². The van der Waals surface area contributed by atoms with E-state index in [-0.39, 0.29) is 24.4 Å². The first-order valence-corrected chi connectivity index (χ1v) is 10.3. The summed E-state index contributed by atoms with van der Waals surface area (Å²) in [6.07, 6.45) is 0.548. The van der Waals surface area contributed by atoms with Gasteiger partial charge in [-0.3, -0.25) is 4.79 Å². The number of halogens is 1. The minimum absolute atomic E-state index is 0.0494. The van der Waals surface area contributed by atoms with Crippen molar-refractivity contribution in [2.45, 2.75) is 38.3 Å². The van der Waals surface area contributed by atoms with E-state index in [2.05, 4.69) is 10.3 Å². The molecule has 1 aliphatic heterocycles. The lowest BCUT2D eigenvalue weighted by atomic mass is 10.0. The molecule has 156 valence electrons. The maximum Gasteiger partial charge on any atom is 0.408 e. The first-order chi connectivity index (χ1) is 13.8. The van der Waals surface area contributed by atoms with Crippen LogP contribution in [-0.2, 0) is 15.1 Å². The molecular weight excluding hydrogens is 395 g/mol. The molecule has 2 amide bonds. The lowest BCUT2D eigenvalue weighted by Crippen LogP contribution is -2.48. The normalized spacial score (nSPS) is 17.1. The van der Waals surface area contributed by atoms with Crippen LogP contribution in [0.2, 0.25) is 0 Å². The molecular formula is C20H25FN4O3S. The van der Waals surface area contributed by atoms with Crippen LogP contribution in [0.5, 0.6) is 0 Å². The summed E-state index contributed by atoms with van der Waals surface area (Å²) in [5, 5.41) is 5.45. The molecule has 1 aliphatic rings. The molecule has 1 aromatic heterocycles. The van der Waals surface area contributed by atoms with Crippen LogP contribution in [0.15, 0.2) is 29.6 Å². The Labute approximate surface area is 173 Å². The lowest BCUT2D eigenvalue weighted by molar-refractivity contribution is -0.132. The van der Waals surface area contributed by atoms with Gasteiger partial charge in [0.25, 0.3) is 0 Å². The predicted molar refractivity (Wildman–Crippen MR) is 109 cm³/mol. The van der Waals surface area contributed by atoms with E-state index in [1.165, 1.54) is 23.5 Å². The first-order valence-electron chi connectivity index (χ1n) is 9.47. The standard InChI is InChI=1S/C20H25FN4O3S/c1-20(2,16-12-29-18(23-16)13-5-7-14(21)8-6-13)24-19(27)28-15-4-3-9-25(11-15)17(26)10-22/h5-8,12,15H,3-4,9-11,22H2,1-2H3,(H,24,27). The highest BCUT2D eigenvalue weighted by atomic mass is 32.1.